The standard InChI is InChI=1S/C37H47N5O12/c1-35(2,3)51-30(45)27(54-42-28(43)24-12-10-11-13-25(24)29(42)44)21-50-23-16-14-22(15-17-23)26-20-41(33(47)48)31(39-26)40(34(49)53-37(7,8)9)19-18-38-32(46)52-36(4,5)6/h10-17,26-27H,18-21H2,1-9H3,(H,38,46)(H,47,48). The third-order valence-corrected chi connectivity index (χ3v) is 7.28. The number of rotatable bonds is 10. The van der Waals surface area contributed by atoms with Crippen molar-refractivity contribution in [3.05, 3.63) is 65.2 Å². The fraction of sp³-hybridized carbons (Fsp3) is 0.486. The number of nitrogens with zero attached hydrogens (tertiary/aromatic N) is 4. The van der Waals surface area contributed by atoms with E-state index in [1.54, 1.807) is 98.7 Å². The van der Waals surface area contributed by atoms with Crippen LogP contribution in [0.2, 0.25) is 0 Å². The summed E-state index contributed by atoms with van der Waals surface area (Å²) in [5, 5.41) is 13.2. The van der Waals surface area contributed by atoms with Gasteiger partial charge in [-0.3, -0.25) is 9.59 Å². The molecule has 0 saturated heterocycles. The highest BCUT2D eigenvalue weighted by Crippen LogP contribution is 2.29. The first-order valence-electron chi connectivity index (χ1n) is 17.2. The molecule has 292 valence electrons. The molecule has 4 rings (SSSR count). The lowest BCUT2D eigenvalue weighted by Crippen LogP contribution is -2.51. The Labute approximate surface area is 313 Å². The zero-order valence-corrected chi connectivity index (χ0v) is 31.8. The molecule has 0 aromatic heterocycles. The van der Waals surface area contributed by atoms with Gasteiger partial charge in [-0.2, -0.15) is 0 Å². The summed E-state index contributed by atoms with van der Waals surface area (Å²) in [5.41, 5.74) is -1.77. The van der Waals surface area contributed by atoms with Gasteiger partial charge >= 0.3 is 24.2 Å². The molecular formula is C37H47N5O12. The van der Waals surface area contributed by atoms with E-state index in [-0.39, 0.29) is 42.5 Å². The number of carboxylic acid groups (broad SMARTS) is 1. The lowest BCUT2D eigenvalue weighted by atomic mass is 10.1. The number of nitrogens with one attached hydrogen (secondary N) is 1. The van der Waals surface area contributed by atoms with Crippen LogP contribution in [0.15, 0.2) is 53.5 Å². The van der Waals surface area contributed by atoms with Gasteiger partial charge < -0.3 is 29.4 Å². The number of hydroxylamine groups is 2. The normalized spacial score (nSPS) is 16.3. The van der Waals surface area contributed by atoms with E-state index in [0.717, 1.165) is 9.80 Å². The van der Waals surface area contributed by atoms with E-state index in [1.165, 1.54) is 12.1 Å². The Hall–Kier alpha value is -5.71. The molecule has 2 aromatic carbocycles. The number of imide groups is 1. The minimum atomic E-state index is -1.51. The fourth-order valence-corrected chi connectivity index (χ4v) is 5.09. The smallest absolute Gasteiger partial charge is 0.417 e. The lowest BCUT2D eigenvalue weighted by Gasteiger charge is -2.29. The van der Waals surface area contributed by atoms with E-state index in [9.17, 15) is 33.9 Å². The Bertz CT molecular complexity index is 1750. The van der Waals surface area contributed by atoms with E-state index < -0.39 is 71.6 Å². The predicted molar refractivity (Wildman–Crippen MR) is 192 cm³/mol. The van der Waals surface area contributed by atoms with Crippen molar-refractivity contribution in [2.24, 2.45) is 4.99 Å². The van der Waals surface area contributed by atoms with E-state index in [0.29, 0.717) is 10.6 Å². The van der Waals surface area contributed by atoms with Crippen LogP contribution in [0.25, 0.3) is 0 Å². The first-order valence-corrected chi connectivity index (χ1v) is 17.2. The molecule has 0 spiro atoms. The van der Waals surface area contributed by atoms with Gasteiger partial charge in [0, 0.05) is 13.1 Å². The second-order valence-corrected chi connectivity index (χ2v) is 15.4. The van der Waals surface area contributed by atoms with Crippen molar-refractivity contribution < 1.29 is 57.7 Å². The Kier molecular flexibility index (Phi) is 12.3. The maximum Gasteiger partial charge on any atom is 0.417 e. The average Bonchev–Trinajstić information content (AvgIpc) is 3.58. The molecule has 2 heterocycles. The molecular weight excluding hydrogens is 706 g/mol. The molecule has 5 amide bonds. The number of hydrogen-bond acceptors (Lipinski definition) is 12. The molecule has 2 atom stereocenters. The van der Waals surface area contributed by atoms with Crippen LogP contribution < -0.4 is 10.1 Å². The number of carbonyl (C=O) groups is 6. The number of benzene rings is 2. The lowest BCUT2D eigenvalue weighted by molar-refractivity contribution is -0.193. The van der Waals surface area contributed by atoms with E-state index in [2.05, 4.69) is 10.3 Å². The average molecular weight is 754 g/mol. The van der Waals surface area contributed by atoms with Crippen molar-refractivity contribution >= 4 is 42.0 Å². The van der Waals surface area contributed by atoms with E-state index >= 15 is 0 Å². The van der Waals surface area contributed by atoms with Gasteiger partial charge in [0.2, 0.25) is 12.1 Å². The Morgan fingerprint density at radius 2 is 1.41 bits per heavy atom. The van der Waals surface area contributed by atoms with Gasteiger partial charge in [-0.1, -0.05) is 24.3 Å². The summed E-state index contributed by atoms with van der Waals surface area (Å²) in [5.74, 6) is -2.26. The van der Waals surface area contributed by atoms with Crippen LogP contribution in [0, 0.1) is 0 Å². The van der Waals surface area contributed by atoms with Crippen molar-refractivity contribution in [1.29, 1.82) is 0 Å². The topological polar surface area (TPSA) is 203 Å². The molecule has 2 unspecified atom stereocenters. The third kappa shape index (κ3) is 10.9. The van der Waals surface area contributed by atoms with E-state index in [4.69, 9.17) is 23.8 Å². The molecule has 0 fully saturated rings. The van der Waals surface area contributed by atoms with Gasteiger partial charge in [-0.05, 0) is 92.1 Å². The molecule has 54 heavy (non-hydrogen) atoms. The van der Waals surface area contributed by atoms with Crippen molar-refractivity contribution in [3.63, 3.8) is 0 Å². The number of aliphatic imine (C=N–C) groups is 1. The minimum absolute atomic E-state index is 0.0989. The summed E-state index contributed by atoms with van der Waals surface area (Å²) >= 11 is 0. The van der Waals surface area contributed by atoms with Gasteiger partial charge in [0.05, 0.1) is 23.7 Å². The maximum atomic E-state index is 13.3. The quantitative estimate of drug-likeness (QED) is 0.184. The molecule has 2 N–H and O–H groups in total. The maximum absolute atomic E-state index is 13.3. The predicted octanol–water partition coefficient (Wildman–Crippen LogP) is 5.16. The van der Waals surface area contributed by atoms with Gasteiger partial charge in [-0.15, -0.1) is 5.06 Å². The van der Waals surface area contributed by atoms with Crippen LogP contribution in [0.3, 0.4) is 0 Å². The van der Waals surface area contributed by atoms with Crippen molar-refractivity contribution in [2.75, 3.05) is 26.2 Å². The summed E-state index contributed by atoms with van der Waals surface area (Å²) in [7, 11) is 0. The first-order chi connectivity index (χ1) is 25.0. The summed E-state index contributed by atoms with van der Waals surface area (Å²) in [6.45, 7) is 14.2. The number of guanidine groups is 1. The van der Waals surface area contributed by atoms with Crippen LogP contribution in [0.4, 0.5) is 14.4 Å². The van der Waals surface area contributed by atoms with Crippen molar-refractivity contribution in [1.82, 2.24) is 20.2 Å². The van der Waals surface area contributed by atoms with Gasteiger partial charge in [0.25, 0.3) is 11.8 Å². The molecule has 0 aliphatic carbocycles. The van der Waals surface area contributed by atoms with E-state index in [1.807, 2.05) is 0 Å². The molecule has 2 aromatic rings. The second-order valence-electron chi connectivity index (χ2n) is 15.4. The number of hydrogen-bond donors (Lipinski definition) is 2. The minimum Gasteiger partial charge on any atom is -0.490 e. The number of ether oxygens (including phenoxy) is 4. The van der Waals surface area contributed by atoms with Crippen molar-refractivity contribution in [2.45, 2.75) is 91.3 Å². The number of fused-ring (bicyclic) bond motifs is 1. The first kappa shape index (κ1) is 41.1. The fourth-order valence-electron chi connectivity index (χ4n) is 5.09. The molecule has 2 aliphatic rings. The number of amides is 5. The zero-order chi connectivity index (χ0) is 40.2. The Morgan fingerprint density at radius 1 is 0.852 bits per heavy atom. The summed E-state index contributed by atoms with van der Waals surface area (Å²) < 4.78 is 22.1. The summed E-state index contributed by atoms with van der Waals surface area (Å²) in [4.78, 5) is 89.1. The third-order valence-electron chi connectivity index (χ3n) is 7.28. The molecule has 0 bridgehead atoms. The SMILES string of the molecule is CC(C)(C)OC(=O)NCCN(C(=O)OC(C)(C)C)C1=NC(c2ccc(OCC(ON3C(=O)c4ccccc4C3=O)C(=O)OC(C)(C)C)cc2)CN1C(=O)O. The Morgan fingerprint density at radius 3 is 1.93 bits per heavy atom. The van der Waals surface area contributed by atoms with Gasteiger partial charge in [0.1, 0.15) is 29.2 Å². The number of carbonyl (C=O) groups excluding carboxylic acids is 5. The summed E-state index contributed by atoms with van der Waals surface area (Å²) in [6.07, 6.45) is -4.47. The molecule has 17 heteroatoms. The molecule has 2 aliphatic heterocycles. The second kappa shape index (κ2) is 16.1. The monoisotopic (exact) mass is 753 g/mol. The summed E-state index contributed by atoms with van der Waals surface area (Å²) in [6, 6.07) is 11.8. The number of esters is 1. The largest absolute Gasteiger partial charge is 0.490 e. The zero-order valence-electron chi connectivity index (χ0n) is 31.8. The van der Waals surface area contributed by atoms with Crippen LogP contribution in [0.5, 0.6) is 5.75 Å². The van der Waals surface area contributed by atoms with Crippen LogP contribution in [-0.2, 0) is 23.8 Å². The highest BCUT2D eigenvalue weighted by Gasteiger charge is 2.41. The van der Waals surface area contributed by atoms with Crippen LogP contribution in [-0.4, -0.2) is 111 Å². The highest BCUT2D eigenvalue weighted by molar-refractivity contribution is 6.20. The van der Waals surface area contributed by atoms with Crippen LogP contribution in [0.1, 0.15) is 94.6 Å². The van der Waals surface area contributed by atoms with Gasteiger partial charge in [-0.25, -0.2) is 38.8 Å². The van der Waals surface area contributed by atoms with Crippen LogP contribution >= 0.6 is 0 Å². The highest BCUT2D eigenvalue weighted by atomic mass is 16.7. The molecule has 0 saturated carbocycles. The van der Waals surface area contributed by atoms with Gasteiger partial charge in [0.15, 0.2) is 0 Å². The molecule has 17 nitrogen and oxygen atoms in total. The van der Waals surface area contributed by atoms with Crippen molar-refractivity contribution in [3.8, 4) is 5.75 Å². The Balaban J connectivity index is 1.51. The number of alkyl carbamates (subject to hydrolysis) is 1. The molecule has 0 radical (unpaired) electrons.